The van der Waals surface area contributed by atoms with Gasteiger partial charge in [0.25, 0.3) is 0 Å². The van der Waals surface area contributed by atoms with E-state index >= 15 is 0 Å². The minimum absolute atomic E-state index is 0.400. The largest absolute Gasteiger partial charge is 0.238 e. The highest BCUT2D eigenvalue weighted by atomic mass is 19.1. The van der Waals surface area contributed by atoms with E-state index in [4.69, 9.17) is 5.53 Å². The molecule has 0 aliphatic heterocycles. The van der Waals surface area contributed by atoms with Crippen molar-refractivity contribution >= 4 is 0 Å². The Bertz CT molecular complexity index is 144. The van der Waals surface area contributed by atoms with Crippen LogP contribution in [0.15, 0.2) is 5.11 Å². The Morgan fingerprint density at radius 3 is 2.44 bits per heavy atom. The molecule has 50 valence electrons. The molecule has 0 unspecified atom stereocenters. The van der Waals surface area contributed by atoms with Crippen molar-refractivity contribution < 1.29 is 4.39 Å². The number of halogens is 1. The van der Waals surface area contributed by atoms with Gasteiger partial charge in [-0.1, -0.05) is 18.0 Å². The molecule has 0 spiro atoms. The third-order valence-electron chi connectivity index (χ3n) is 1.59. The predicted molar refractivity (Wildman–Crippen MR) is 31.5 cm³/mol. The number of nitrogens with zero attached hydrogens (tertiary/aromatic N) is 3. The first-order valence-corrected chi connectivity index (χ1v) is 3.02. The van der Waals surface area contributed by atoms with Crippen LogP contribution in [0.5, 0.6) is 0 Å². The third kappa shape index (κ3) is 1.33. The maximum Gasteiger partial charge on any atom is 0.189 e. The molecule has 0 atom stereocenters. The van der Waals surface area contributed by atoms with E-state index < -0.39 is 5.79 Å². The molecule has 0 amide bonds. The predicted octanol–water partition coefficient (Wildman–Crippen LogP) is 2.54. The SMILES string of the molecule is [N-]=[N+]=NC1(F)CCCC1. The monoisotopic (exact) mass is 129 g/mol. The Morgan fingerprint density at radius 2 is 2.00 bits per heavy atom. The number of rotatable bonds is 1. The summed E-state index contributed by atoms with van der Waals surface area (Å²) in [6.45, 7) is 0. The minimum Gasteiger partial charge on any atom is -0.238 e. The van der Waals surface area contributed by atoms with E-state index in [1.54, 1.807) is 0 Å². The lowest BCUT2D eigenvalue weighted by atomic mass is 10.2. The maximum atomic E-state index is 12.9. The van der Waals surface area contributed by atoms with Gasteiger partial charge in [-0.25, -0.2) is 4.39 Å². The smallest absolute Gasteiger partial charge is 0.189 e. The minimum atomic E-state index is -1.55. The molecule has 0 N–H and O–H groups in total. The van der Waals surface area contributed by atoms with Crippen molar-refractivity contribution in [3.8, 4) is 0 Å². The van der Waals surface area contributed by atoms with Gasteiger partial charge in [0.2, 0.25) is 0 Å². The third-order valence-corrected chi connectivity index (χ3v) is 1.59. The lowest BCUT2D eigenvalue weighted by Gasteiger charge is -2.08. The van der Waals surface area contributed by atoms with E-state index in [9.17, 15) is 4.39 Å². The fraction of sp³-hybridized carbons (Fsp3) is 1.00. The normalized spacial score (nSPS) is 23.2. The van der Waals surface area contributed by atoms with Crippen molar-refractivity contribution in [3.05, 3.63) is 10.4 Å². The first-order valence-electron chi connectivity index (χ1n) is 3.02. The summed E-state index contributed by atoms with van der Waals surface area (Å²) in [5, 5.41) is 3.07. The van der Waals surface area contributed by atoms with Crippen molar-refractivity contribution in [1.82, 2.24) is 0 Å². The molecule has 9 heavy (non-hydrogen) atoms. The van der Waals surface area contributed by atoms with Crippen molar-refractivity contribution in [2.75, 3.05) is 0 Å². The van der Waals surface area contributed by atoms with Crippen molar-refractivity contribution in [3.63, 3.8) is 0 Å². The van der Waals surface area contributed by atoms with Crippen molar-refractivity contribution in [2.45, 2.75) is 31.5 Å². The molecule has 3 nitrogen and oxygen atoms in total. The molecule has 0 aromatic rings. The van der Waals surface area contributed by atoms with Crippen LogP contribution in [-0.4, -0.2) is 5.79 Å². The Kier molecular flexibility index (Phi) is 1.58. The summed E-state index contributed by atoms with van der Waals surface area (Å²) in [4.78, 5) is 2.44. The molecule has 4 heteroatoms. The van der Waals surface area contributed by atoms with Gasteiger partial charge in [-0.05, 0) is 18.4 Å². The second kappa shape index (κ2) is 2.23. The summed E-state index contributed by atoms with van der Waals surface area (Å²) >= 11 is 0. The van der Waals surface area contributed by atoms with E-state index in [-0.39, 0.29) is 0 Å². The van der Waals surface area contributed by atoms with E-state index in [2.05, 4.69) is 10.0 Å². The van der Waals surface area contributed by atoms with Crippen LogP contribution < -0.4 is 0 Å². The van der Waals surface area contributed by atoms with Crippen LogP contribution in [0.4, 0.5) is 4.39 Å². The van der Waals surface area contributed by atoms with Crippen LogP contribution >= 0.6 is 0 Å². The molecule has 0 saturated heterocycles. The van der Waals surface area contributed by atoms with Crippen LogP contribution in [0.1, 0.15) is 25.7 Å². The Balaban J connectivity index is 2.61. The summed E-state index contributed by atoms with van der Waals surface area (Å²) in [5.41, 5.74) is 7.91. The Hall–Kier alpha value is -0.760. The first kappa shape index (κ1) is 6.36. The van der Waals surface area contributed by atoms with E-state index in [0.29, 0.717) is 12.8 Å². The molecule has 0 bridgehead atoms. The summed E-state index contributed by atoms with van der Waals surface area (Å²) in [6, 6.07) is 0. The Morgan fingerprint density at radius 1 is 1.44 bits per heavy atom. The molecule has 1 fully saturated rings. The number of azide groups is 1. The van der Waals surface area contributed by atoms with E-state index in [1.807, 2.05) is 0 Å². The van der Waals surface area contributed by atoms with E-state index in [0.717, 1.165) is 12.8 Å². The lowest BCUT2D eigenvalue weighted by molar-refractivity contribution is 0.183. The van der Waals surface area contributed by atoms with E-state index in [1.165, 1.54) is 0 Å². The molecular weight excluding hydrogens is 121 g/mol. The summed E-state index contributed by atoms with van der Waals surface area (Å²) in [7, 11) is 0. The molecule has 0 heterocycles. The zero-order chi connectivity index (χ0) is 6.74. The van der Waals surface area contributed by atoms with Crippen LogP contribution in [-0.2, 0) is 0 Å². The highest BCUT2D eigenvalue weighted by Crippen LogP contribution is 2.34. The molecule has 1 aliphatic rings. The maximum absolute atomic E-state index is 12.9. The quantitative estimate of drug-likeness (QED) is 0.226. The summed E-state index contributed by atoms with van der Waals surface area (Å²) < 4.78 is 12.9. The second-order valence-electron chi connectivity index (χ2n) is 2.31. The average molecular weight is 129 g/mol. The van der Waals surface area contributed by atoms with Gasteiger partial charge in [0.1, 0.15) is 0 Å². The molecule has 0 aromatic heterocycles. The van der Waals surface area contributed by atoms with Gasteiger partial charge < -0.3 is 0 Å². The molecule has 0 aromatic carbocycles. The summed E-state index contributed by atoms with van der Waals surface area (Å²) in [6.07, 6.45) is 2.49. The van der Waals surface area contributed by atoms with Gasteiger partial charge in [-0.2, -0.15) is 0 Å². The number of hydrogen-bond donors (Lipinski definition) is 0. The topological polar surface area (TPSA) is 48.8 Å². The number of alkyl halides is 1. The highest BCUT2D eigenvalue weighted by molar-refractivity contribution is 4.82. The van der Waals surface area contributed by atoms with Gasteiger partial charge in [-0.3, -0.25) is 0 Å². The molecule has 0 radical (unpaired) electrons. The van der Waals surface area contributed by atoms with Gasteiger partial charge in [0.15, 0.2) is 5.79 Å². The van der Waals surface area contributed by atoms with Gasteiger partial charge in [0, 0.05) is 4.91 Å². The zero-order valence-electron chi connectivity index (χ0n) is 5.05. The van der Waals surface area contributed by atoms with Gasteiger partial charge in [0.05, 0.1) is 0 Å². The van der Waals surface area contributed by atoms with Crippen LogP contribution in [0, 0.1) is 0 Å². The first-order chi connectivity index (χ1) is 4.27. The van der Waals surface area contributed by atoms with Crippen molar-refractivity contribution in [1.29, 1.82) is 0 Å². The molecular formula is C5H8FN3. The van der Waals surface area contributed by atoms with Crippen molar-refractivity contribution in [2.24, 2.45) is 5.11 Å². The van der Waals surface area contributed by atoms with Crippen LogP contribution in [0.3, 0.4) is 0 Å². The van der Waals surface area contributed by atoms with Crippen LogP contribution in [0.2, 0.25) is 0 Å². The standard InChI is InChI=1S/C5H8FN3/c6-5(8-9-7)3-1-2-4-5/h1-4H2. The molecule has 1 rings (SSSR count). The fourth-order valence-corrected chi connectivity index (χ4v) is 1.10. The lowest BCUT2D eigenvalue weighted by Crippen LogP contribution is -2.11. The molecule has 1 aliphatic carbocycles. The zero-order valence-corrected chi connectivity index (χ0v) is 5.05. The van der Waals surface area contributed by atoms with Crippen LogP contribution in [0.25, 0.3) is 10.4 Å². The van der Waals surface area contributed by atoms with Gasteiger partial charge >= 0.3 is 0 Å². The molecule has 1 saturated carbocycles. The second-order valence-corrected chi connectivity index (χ2v) is 2.31. The highest BCUT2D eigenvalue weighted by Gasteiger charge is 2.31. The fourth-order valence-electron chi connectivity index (χ4n) is 1.10. The average Bonchev–Trinajstić information content (AvgIpc) is 2.16. The summed E-state index contributed by atoms with van der Waals surface area (Å²) in [5.74, 6) is -1.55. The number of hydrogen-bond acceptors (Lipinski definition) is 1. The Labute approximate surface area is 52.5 Å². The van der Waals surface area contributed by atoms with Gasteiger partial charge in [-0.15, -0.1) is 0 Å².